The summed E-state index contributed by atoms with van der Waals surface area (Å²) < 4.78 is 16.9. The molecule has 8 heteroatoms. The molecule has 3 aromatic rings. The Hall–Kier alpha value is -2.97. The van der Waals surface area contributed by atoms with Crippen LogP contribution in [0.25, 0.3) is 22.8 Å². The molecule has 0 bridgehead atoms. The molecule has 0 fully saturated rings. The predicted octanol–water partition coefficient (Wildman–Crippen LogP) is 3.50. The van der Waals surface area contributed by atoms with Gasteiger partial charge in [0.1, 0.15) is 18.5 Å². The first-order valence-electron chi connectivity index (χ1n) is 10.3. The molecule has 0 aliphatic heterocycles. The molecule has 31 heavy (non-hydrogen) atoms. The second-order valence-electron chi connectivity index (χ2n) is 7.72. The number of pyridine rings is 1. The molecule has 2 N–H and O–H groups in total. The third-order valence-electron chi connectivity index (χ3n) is 4.67. The van der Waals surface area contributed by atoms with Gasteiger partial charge in [0.2, 0.25) is 11.7 Å². The highest BCUT2D eigenvalue weighted by Crippen LogP contribution is 2.31. The summed E-state index contributed by atoms with van der Waals surface area (Å²) >= 11 is 0. The lowest BCUT2D eigenvalue weighted by atomic mass is 10.0. The Labute approximate surface area is 181 Å². The summed E-state index contributed by atoms with van der Waals surface area (Å²) in [6.45, 7) is 9.46. The van der Waals surface area contributed by atoms with Crippen LogP contribution in [0.3, 0.4) is 0 Å². The van der Waals surface area contributed by atoms with E-state index >= 15 is 0 Å². The molecule has 0 amide bonds. The molecule has 2 aromatic heterocycles. The summed E-state index contributed by atoms with van der Waals surface area (Å²) in [5, 5.41) is 22.7. The lowest BCUT2D eigenvalue weighted by Gasteiger charge is -2.16. The summed E-state index contributed by atoms with van der Waals surface area (Å²) in [6.07, 6.45) is 1.51. The molecular weight excluding hydrogens is 398 g/mol. The van der Waals surface area contributed by atoms with Crippen LogP contribution in [-0.4, -0.2) is 50.8 Å². The van der Waals surface area contributed by atoms with E-state index in [1.807, 2.05) is 52.8 Å². The molecule has 3 rings (SSSR count). The second-order valence-corrected chi connectivity index (χ2v) is 7.72. The average molecular weight is 428 g/mol. The van der Waals surface area contributed by atoms with Crippen molar-refractivity contribution in [3.63, 3.8) is 0 Å². The zero-order valence-electron chi connectivity index (χ0n) is 18.5. The molecule has 0 saturated carbocycles. The Bertz CT molecular complexity index is 1030. The fourth-order valence-corrected chi connectivity index (χ4v) is 3.16. The average Bonchev–Trinajstić information content (AvgIpc) is 3.23. The van der Waals surface area contributed by atoms with E-state index in [9.17, 15) is 5.11 Å². The molecule has 0 aliphatic carbocycles. The van der Waals surface area contributed by atoms with Crippen LogP contribution in [-0.2, 0) is 6.42 Å². The molecule has 0 aliphatic rings. The Kier molecular flexibility index (Phi) is 7.25. The number of rotatable bonds is 9. The Morgan fingerprint density at radius 1 is 1.10 bits per heavy atom. The van der Waals surface area contributed by atoms with Crippen LogP contribution in [0.2, 0.25) is 0 Å². The van der Waals surface area contributed by atoms with Crippen LogP contribution in [0.1, 0.15) is 37.5 Å². The maximum absolute atomic E-state index is 9.58. The Morgan fingerprint density at radius 2 is 1.84 bits per heavy atom. The van der Waals surface area contributed by atoms with Crippen LogP contribution in [0, 0.1) is 13.8 Å². The van der Waals surface area contributed by atoms with Gasteiger partial charge < -0.3 is 24.2 Å². The first kappa shape index (κ1) is 22.7. The van der Waals surface area contributed by atoms with Crippen LogP contribution < -0.4 is 9.47 Å². The number of aliphatic hydroxyl groups excluding tert-OH is 2. The van der Waals surface area contributed by atoms with Crippen molar-refractivity contribution in [2.75, 3.05) is 13.2 Å². The lowest BCUT2D eigenvalue weighted by molar-refractivity contribution is 0.0531. The van der Waals surface area contributed by atoms with E-state index < -0.39 is 6.10 Å². The van der Waals surface area contributed by atoms with Gasteiger partial charge in [-0.25, -0.2) is 4.98 Å². The van der Waals surface area contributed by atoms with Gasteiger partial charge in [-0.2, -0.15) is 4.98 Å². The molecule has 0 radical (unpaired) electrons. The lowest BCUT2D eigenvalue weighted by Crippen LogP contribution is -2.22. The van der Waals surface area contributed by atoms with Gasteiger partial charge in [0.05, 0.1) is 18.3 Å². The van der Waals surface area contributed by atoms with Crippen molar-refractivity contribution in [2.45, 2.75) is 53.2 Å². The van der Waals surface area contributed by atoms with Crippen molar-refractivity contribution in [3.8, 4) is 34.5 Å². The summed E-state index contributed by atoms with van der Waals surface area (Å²) in [5.74, 6) is 2.13. The van der Waals surface area contributed by atoms with E-state index in [2.05, 4.69) is 15.1 Å². The molecule has 0 saturated heterocycles. The van der Waals surface area contributed by atoms with Gasteiger partial charge in [-0.3, -0.25) is 0 Å². The summed E-state index contributed by atoms with van der Waals surface area (Å²) in [6, 6.07) is 5.77. The minimum absolute atomic E-state index is 0.0267. The number of ether oxygens (including phenoxy) is 2. The number of aromatic nitrogens is 3. The number of aryl methyl sites for hydroxylation is 3. The van der Waals surface area contributed by atoms with Gasteiger partial charge >= 0.3 is 0 Å². The molecule has 0 spiro atoms. The van der Waals surface area contributed by atoms with E-state index in [0.717, 1.165) is 34.2 Å². The zero-order chi connectivity index (χ0) is 22.5. The SMILES string of the molecule is CCc1cc(-c2noc(-c3cnc(OC(C)C)c(C)c3)n2)cc(C)c1OCC(O)CO. The quantitative estimate of drug-likeness (QED) is 0.534. The van der Waals surface area contributed by atoms with Crippen molar-refractivity contribution >= 4 is 0 Å². The van der Waals surface area contributed by atoms with Crippen LogP contribution in [0.15, 0.2) is 28.9 Å². The van der Waals surface area contributed by atoms with Gasteiger partial charge in [-0.05, 0) is 63.4 Å². The third kappa shape index (κ3) is 5.39. The number of nitrogens with zero attached hydrogens (tertiary/aromatic N) is 3. The van der Waals surface area contributed by atoms with Crippen molar-refractivity contribution in [3.05, 3.63) is 41.1 Å². The van der Waals surface area contributed by atoms with Gasteiger partial charge in [-0.1, -0.05) is 12.1 Å². The van der Waals surface area contributed by atoms with Crippen molar-refractivity contribution in [1.29, 1.82) is 0 Å². The van der Waals surface area contributed by atoms with E-state index in [1.54, 1.807) is 6.20 Å². The minimum Gasteiger partial charge on any atom is -0.490 e. The maximum atomic E-state index is 9.58. The van der Waals surface area contributed by atoms with Crippen LogP contribution >= 0.6 is 0 Å². The molecule has 2 heterocycles. The standard InChI is InChI=1S/C23H29N3O5/c1-6-16-9-17(7-14(4)20(16)29-12-19(28)11-27)21-25-23(31-26-21)18-8-15(5)22(24-10-18)30-13(2)3/h7-10,13,19,27-28H,6,11-12H2,1-5H3. The minimum atomic E-state index is -0.919. The maximum Gasteiger partial charge on any atom is 0.259 e. The second kappa shape index (κ2) is 9.89. The predicted molar refractivity (Wildman–Crippen MR) is 116 cm³/mol. The molecule has 8 nitrogen and oxygen atoms in total. The molecule has 1 unspecified atom stereocenters. The highest BCUT2D eigenvalue weighted by molar-refractivity contribution is 5.64. The van der Waals surface area contributed by atoms with Crippen molar-refractivity contribution < 1.29 is 24.2 Å². The van der Waals surface area contributed by atoms with E-state index in [-0.39, 0.29) is 19.3 Å². The van der Waals surface area contributed by atoms with Crippen LogP contribution in [0.5, 0.6) is 11.6 Å². The normalized spacial score (nSPS) is 12.3. The first-order chi connectivity index (χ1) is 14.8. The fourth-order valence-electron chi connectivity index (χ4n) is 3.16. The number of aliphatic hydroxyl groups is 2. The molecule has 166 valence electrons. The first-order valence-corrected chi connectivity index (χ1v) is 10.3. The third-order valence-corrected chi connectivity index (χ3v) is 4.67. The van der Waals surface area contributed by atoms with Crippen molar-refractivity contribution in [2.24, 2.45) is 0 Å². The highest BCUT2D eigenvalue weighted by atomic mass is 16.5. The summed E-state index contributed by atoms with van der Waals surface area (Å²) in [7, 11) is 0. The largest absolute Gasteiger partial charge is 0.490 e. The Balaban J connectivity index is 1.87. The molecule has 1 aromatic carbocycles. The van der Waals surface area contributed by atoms with E-state index in [1.165, 1.54) is 0 Å². The van der Waals surface area contributed by atoms with Crippen LogP contribution in [0.4, 0.5) is 0 Å². The van der Waals surface area contributed by atoms with Gasteiger partial charge in [0, 0.05) is 17.3 Å². The molecule has 1 atom stereocenters. The smallest absolute Gasteiger partial charge is 0.259 e. The van der Waals surface area contributed by atoms with E-state index in [4.69, 9.17) is 19.1 Å². The van der Waals surface area contributed by atoms with E-state index in [0.29, 0.717) is 23.3 Å². The Morgan fingerprint density at radius 3 is 2.48 bits per heavy atom. The number of hydrogen-bond acceptors (Lipinski definition) is 8. The van der Waals surface area contributed by atoms with Gasteiger partial charge in [-0.15, -0.1) is 0 Å². The number of hydrogen-bond donors (Lipinski definition) is 2. The topological polar surface area (TPSA) is 111 Å². The van der Waals surface area contributed by atoms with Gasteiger partial charge in [0.25, 0.3) is 5.89 Å². The van der Waals surface area contributed by atoms with Crippen molar-refractivity contribution in [1.82, 2.24) is 15.1 Å². The fraction of sp³-hybridized carbons (Fsp3) is 0.435. The van der Waals surface area contributed by atoms with Gasteiger partial charge in [0.15, 0.2) is 0 Å². The number of benzene rings is 1. The highest BCUT2D eigenvalue weighted by Gasteiger charge is 2.17. The summed E-state index contributed by atoms with van der Waals surface area (Å²) in [4.78, 5) is 8.91. The molecular formula is C23H29N3O5. The zero-order valence-corrected chi connectivity index (χ0v) is 18.5. The monoisotopic (exact) mass is 427 g/mol. The summed E-state index contributed by atoms with van der Waals surface area (Å²) in [5.41, 5.74) is 4.26.